The first-order valence-electron chi connectivity index (χ1n) is 11.7. The quantitative estimate of drug-likeness (QED) is 0.275. The van der Waals surface area contributed by atoms with Gasteiger partial charge in [-0.15, -0.1) is 0 Å². The van der Waals surface area contributed by atoms with E-state index >= 15 is 0 Å². The lowest BCUT2D eigenvalue weighted by Gasteiger charge is -2.19. The molecule has 0 radical (unpaired) electrons. The highest BCUT2D eigenvalue weighted by Crippen LogP contribution is 2.22. The number of carbonyl (C=O) groups is 4. The zero-order valence-electron chi connectivity index (χ0n) is 19.8. The monoisotopic (exact) mass is 482 g/mol. The molecule has 1 heterocycles. The molecule has 4 amide bonds. The number of imide groups is 1. The summed E-state index contributed by atoms with van der Waals surface area (Å²) < 4.78 is 0. The fourth-order valence-electron chi connectivity index (χ4n) is 3.93. The minimum Gasteiger partial charge on any atom is -0.345 e. The van der Waals surface area contributed by atoms with E-state index in [0.29, 0.717) is 28.8 Å². The van der Waals surface area contributed by atoms with Gasteiger partial charge in [0, 0.05) is 5.56 Å². The largest absolute Gasteiger partial charge is 0.345 e. The first kappa shape index (κ1) is 24.5. The van der Waals surface area contributed by atoms with Crippen molar-refractivity contribution in [2.45, 2.75) is 25.8 Å². The van der Waals surface area contributed by atoms with Gasteiger partial charge in [0.15, 0.2) is 0 Å². The molecule has 1 aliphatic heterocycles. The molecule has 8 nitrogen and oxygen atoms in total. The van der Waals surface area contributed by atoms with Crippen molar-refractivity contribution in [1.29, 1.82) is 0 Å². The number of amides is 4. The predicted molar refractivity (Wildman–Crippen MR) is 135 cm³/mol. The van der Waals surface area contributed by atoms with Gasteiger partial charge in [-0.3, -0.25) is 24.1 Å². The zero-order valence-corrected chi connectivity index (χ0v) is 19.8. The van der Waals surface area contributed by atoms with Crippen LogP contribution in [0.3, 0.4) is 0 Å². The van der Waals surface area contributed by atoms with Crippen LogP contribution in [0, 0.1) is 0 Å². The highest BCUT2D eigenvalue weighted by atomic mass is 16.2. The highest BCUT2D eigenvalue weighted by Gasteiger charge is 2.35. The normalized spacial score (nSPS) is 13.8. The number of nitrogens with one attached hydrogen (secondary N) is 2. The molecule has 8 heteroatoms. The lowest BCUT2D eigenvalue weighted by Crippen LogP contribution is -2.36. The van der Waals surface area contributed by atoms with Crippen LogP contribution in [0.4, 0.5) is 0 Å². The Labute approximate surface area is 209 Å². The summed E-state index contributed by atoms with van der Waals surface area (Å²) in [4.78, 5) is 51.9. The SMILES string of the molecule is CC/C(CN1C(=O)c2ccccc2C1=O)=N\NC(=O)CC(NC(=O)c1ccccc1)c1ccccc1. The summed E-state index contributed by atoms with van der Waals surface area (Å²) in [7, 11) is 0. The lowest BCUT2D eigenvalue weighted by atomic mass is 10.0. The summed E-state index contributed by atoms with van der Waals surface area (Å²) in [6.45, 7) is 1.81. The van der Waals surface area contributed by atoms with Crippen LogP contribution in [0.25, 0.3) is 0 Å². The third-order valence-corrected chi connectivity index (χ3v) is 5.90. The predicted octanol–water partition coefficient (Wildman–Crippen LogP) is 3.73. The molecule has 1 aliphatic rings. The van der Waals surface area contributed by atoms with Crippen molar-refractivity contribution in [3.8, 4) is 0 Å². The van der Waals surface area contributed by atoms with Crippen LogP contribution < -0.4 is 10.7 Å². The Hall–Kier alpha value is -4.59. The van der Waals surface area contributed by atoms with Crippen LogP contribution in [-0.4, -0.2) is 40.8 Å². The van der Waals surface area contributed by atoms with E-state index in [1.807, 2.05) is 43.3 Å². The second kappa shape index (κ2) is 11.2. The Morgan fingerprint density at radius 1 is 0.833 bits per heavy atom. The van der Waals surface area contributed by atoms with Crippen molar-refractivity contribution in [1.82, 2.24) is 15.6 Å². The third-order valence-electron chi connectivity index (χ3n) is 5.90. The fourth-order valence-corrected chi connectivity index (χ4v) is 3.93. The van der Waals surface area contributed by atoms with Gasteiger partial charge in [-0.25, -0.2) is 5.43 Å². The van der Waals surface area contributed by atoms with E-state index in [2.05, 4.69) is 15.8 Å². The Morgan fingerprint density at radius 2 is 1.39 bits per heavy atom. The molecule has 4 rings (SSSR count). The number of carbonyl (C=O) groups excluding carboxylic acids is 4. The molecule has 2 N–H and O–H groups in total. The Balaban J connectivity index is 1.43. The van der Waals surface area contributed by atoms with Gasteiger partial charge in [-0.05, 0) is 36.2 Å². The van der Waals surface area contributed by atoms with Crippen molar-refractivity contribution in [3.05, 3.63) is 107 Å². The van der Waals surface area contributed by atoms with E-state index in [1.165, 1.54) is 0 Å². The van der Waals surface area contributed by atoms with Gasteiger partial charge in [0.1, 0.15) is 0 Å². The number of fused-ring (bicyclic) bond motifs is 1. The molecule has 0 saturated heterocycles. The smallest absolute Gasteiger partial charge is 0.261 e. The van der Waals surface area contributed by atoms with Gasteiger partial charge < -0.3 is 5.32 Å². The summed E-state index contributed by atoms with van der Waals surface area (Å²) in [5.74, 6) is -1.46. The van der Waals surface area contributed by atoms with Gasteiger partial charge >= 0.3 is 0 Å². The van der Waals surface area contributed by atoms with Crippen LogP contribution in [0.2, 0.25) is 0 Å². The molecule has 0 aliphatic carbocycles. The molecule has 0 bridgehead atoms. The second-order valence-corrected chi connectivity index (χ2v) is 8.32. The van der Waals surface area contributed by atoms with E-state index in [-0.39, 0.29) is 30.7 Å². The maximum Gasteiger partial charge on any atom is 0.261 e. The van der Waals surface area contributed by atoms with E-state index in [4.69, 9.17) is 0 Å². The minimum atomic E-state index is -0.574. The number of nitrogens with zero attached hydrogens (tertiary/aromatic N) is 2. The molecule has 0 spiro atoms. The molecule has 1 unspecified atom stereocenters. The zero-order chi connectivity index (χ0) is 25.5. The molecule has 3 aromatic rings. The van der Waals surface area contributed by atoms with Crippen molar-refractivity contribution in [2.24, 2.45) is 5.10 Å². The van der Waals surface area contributed by atoms with Crippen LogP contribution >= 0.6 is 0 Å². The van der Waals surface area contributed by atoms with Crippen molar-refractivity contribution < 1.29 is 19.2 Å². The van der Waals surface area contributed by atoms with Gasteiger partial charge in [0.25, 0.3) is 17.7 Å². The van der Waals surface area contributed by atoms with Crippen LogP contribution in [0.15, 0.2) is 90.0 Å². The molecule has 3 aromatic carbocycles. The topological polar surface area (TPSA) is 108 Å². The first-order valence-corrected chi connectivity index (χ1v) is 11.7. The van der Waals surface area contributed by atoms with Gasteiger partial charge in [0.2, 0.25) is 5.91 Å². The molecule has 36 heavy (non-hydrogen) atoms. The Morgan fingerprint density at radius 3 is 1.97 bits per heavy atom. The fraction of sp³-hybridized carbons (Fsp3) is 0.179. The number of benzene rings is 3. The van der Waals surface area contributed by atoms with E-state index in [0.717, 1.165) is 10.5 Å². The third kappa shape index (κ3) is 5.55. The number of hydrogen-bond acceptors (Lipinski definition) is 5. The van der Waals surface area contributed by atoms with Crippen molar-refractivity contribution in [2.75, 3.05) is 6.54 Å². The summed E-state index contributed by atoms with van der Waals surface area (Å²) >= 11 is 0. The summed E-state index contributed by atoms with van der Waals surface area (Å²) in [5, 5.41) is 7.10. The van der Waals surface area contributed by atoms with E-state index < -0.39 is 11.9 Å². The maximum absolute atomic E-state index is 12.8. The van der Waals surface area contributed by atoms with Gasteiger partial charge in [-0.2, -0.15) is 5.10 Å². The number of hydrogen-bond donors (Lipinski definition) is 2. The molecule has 1 atom stereocenters. The number of rotatable bonds is 9. The molecular formula is C28H26N4O4. The summed E-state index contributed by atoms with van der Waals surface area (Å²) in [6, 6.07) is 24.1. The Kier molecular flexibility index (Phi) is 7.65. The average molecular weight is 483 g/mol. The standard InChI is InChI=1S/C28H26N4O4/c1-2-21(18-32-27(35)22-15-9-10-16-23(22)28(32)36)30-31-25(33)17-24(19-11-5-3-6-12-19)29-26(34)20-13-7-4-8-14-20/h3-16,24H,2,17-18H2,1H3,(H,29,34)(H,31,33)/b30-21+. The van der Waals surface area contributed by atoms with Crippen LogP contribution in [0.1, 0.15) is 62.4 Å². The number of hydrazone groups is 1. The molecular weight excluding hydrogens is 456 g/mol. The minimum absolute atomic E-state index is 0.0179. The molecule has 182 valence electrons. The molecule has 0 aromatic heterocycles. The van der Waals surface area contributed by atoms with Crippen molar-refractivity contribution >= 4 is 29.3 Å². The van der Waals surface area contributed by atoms with Crippen molar-refractivity contribution in [3.63, 3.8) is 0 Å². The van der Waals surface area contributed by atoms with Crippen LogP contribution in [-0.2, 0) is 4.79 Å². The second-order valence-electron chi connectivity index (χ2n) is 8.32. The van der Waals surface area contributed by atoms with E-state index in [1.54, 1.807) is 48.5 Å². The summed E-state index contributed by atoms with van der Waals surface area (Å²) in [5.41, 5.74) is 4.99. The lowest BCUT2D eigenvalue weighted by molar-refractivity contribution is -0.121. The summed E-state index contributed by atoms with van der Waals surface area (Å²) in [6.07, 6.45) is 0.386. The van der Waals surface area contributed by atoms with Crippen LogP contribution in [0.5, 0.6) is 0 Å². The first-order chi connectivity index (χ1) is 17.5. The maximum atomic E-state index is 12.8. The molecule has 0 saturated carbocycles. The highest BCUT2D eigenvalue weighted by molar-refractivity contribution is 6.22. The van der Waals surface area contributed by atoms with Gasteiger partial charge in [-0.1, -0.05) is 67.6 Å². The average Bonchev–Trinajstić information content (AvgIpc) is 3.16. The van der Waals surface area contributed by atoms with E-state index in [9.17, 15) is 19.2 Å². The van der Waals surface area contributed by atoms with Gasteiger partial charge in [0.05, 0.1) is 35.8 Å². The Bertz CT molecular complexity index is 1270. The molecule has 0 fully saturated rings.